The van der Waals surface area contributed by atoms with Crippen LogP contribution in [0, 0.1) is 0 Å². The molecule has 0 aromatic rings. The van der Waals surface area contributed by atoms with Crippen LogP contribution in [0.2, 0.25) is 0 Å². The van der Waals surface area contributed by atoms with Gasteiger partial charge in [0, 0.05) is 17.1 Å². The number of hydrogen-bond acceptors (Lipinski definition) is 0. The van der Waals surface area contributed by atoms with E-state index < -0.39 is 0 Å². The molecule has 0 fully saturated rings. The first-order valence-electron chi connectivity index (χ1n) is 0. The fourth-order valence-corrected chi connectivity index (χ4v) is 0. The normalized spacial score (nSPS) is 0. The molecule has 0 aromatic heterocycles. The maximum Gasteiger partial charge on any atom is 0 e. The molecule has 0 N–H and O–H groups in total. The van der Waals surface area contributed by atoms with Gasteiger partial charge < -0.3 is 0 Å². The summed E-state index contributed by atoms with van der Waals surface area (Å²) in [5, 5.41) is 0. The molecule has 0 heterocycles. The minimum atomic E-state index is 0. The summed E-state index contributed by atoms with van der Waals surface area (Å²) in [4.78, 5) is 0. The van der Waals surface area contributed by atoms with E-state index >= 15 is 0 Å². The van der Waals surface area contributed by atoms with Crippen molar-refractivity contribution in [1.29, 1.82) is 0 Å². The van der Waals surface area contributed by atoms with Crippen LogP contribution in [0.3, 0.4) is 0 Å². The zero-order valence-electron chi connectivity index (χ0n) is 0.302. The van der Waals surface area contributed by atoms with E-state index in [9.17, 15) is 0 Å². The van der Waals surface area contributed by atoms with E-state index in [0.29, 0.717) is 0 Å². The van der Waals surface area contributed by atoms with Gasteiger partial charge in [0.15, 0.2) is 0 Å². The molecule has 0 unspecified atom stereocenters. The summed E-state index contributed by atoms with van der Waals surface area (Å²) in [5.74, 6) is 0. The number of hydrogen-bond donors (Lipinski definition) is 0. The van der Waals surface area contributed by atoms with Crippen LogP contribution in [0.1, 0.15) is 22.3 Å². The molecule has 4 heavy (non-hydrogen) atoms. The van der Waals surface area contributed by atoms with Gasteiger partial charge in [-0.15, -0.1) is 0 Å². The maximum atomic E-state index is 0. The fourth-order valence-electron chi connectivity index (χ4n) is 0. The molecule has 35 valence electrons. The summed E-state index contributed by atoms with van der Waals surface area (Å²) in [7, 11) is 0. The van der Waals surface area contributed by atoms with Crippen LogP contribution >= 0.6 is 0 Å². The van der Waals surface area contributed by atoms with E-state index in [1.807, 2.05) is 0 Å². The van der Waals surface area contributed by atoms with E-state index in [1.165, 1.54) is 0 Å². The third-order valence-electron chi connectivity index (χ3n) is 0. The molecule has 0 aromatic carbocycles. The molecule has 0 amide bonds. The molecule has 0 saturated heterocycles. The summed E-state index contributed by atoms with van der Waals surface area (Å²) in [5.41, 5.74) is 0. The molecular weight excluding hydrogens is 99.6 g/mol. The Hall–Kier alpha value is 0.519. The van der Waals surface area contributed by atoms with Gasteiger partial charge in [-0.05, 0) is 0 Å². The molecular formula is C3H12Cu. The minimum Gasteiger partial charge on any atom is -0.0776 e. The maximum absolute atomic E-state index is 0. The van der Waals surface area contributed by atoms with Crippen molar-refractivity contribution >= 4 is 0 Å². The Balaban J connectivity index is 0. The Bertz CT molecular complexity index is 3.25. The van der Waals surface area contributed by atoms with Gasteiger partial charge in [0.2, 0.25) is 0 Å². The molecule has 0 nitrogen and oxygen atoms in total. The molecule has 1 heteroatoms. The summed E-state index contributed by atoms with van der Waals surface area (Å²) in [6, 6.07) is 0. The average molecular weight is 112 g/mol. The zero-order chi connectivity index (χ0) is 0. The minimum absolute atomic E-state index is 0. The monoisotopic (exact) mass is 111 g/mol. The molecule has 0 aliphatic carbocycles. The Morgan fingerprint density at radius 2 is 0.500 bits per heavy atom. The second-order valence-corrected chi connectivity index (χ2v) is 0. The average Bonchev–Trinajstić information content (AvgIpc) is 0. The Morgan fingerprint density at radius 3 is 0.500 bits per heavy atom. The third kappa shape index (κ3) is 21.6. The van der Waals surface area contributed by atoms with Crippen molar-refractivity contribution in [2.24, 2.45) is 0 Å². The SMILES string of the molecule is C.C.C.[Cu]. The van der Waals surface area contributed by atoms with Gasteiger partial charge in [0.1, 0.15) is 0 Å². The Labute approximate surface area is 40.1 Å². The van der Waals surface area contributed by atoms with Gasteiger partial charge in [-0.25, -0.2) is 0 Å². The quantitative estimate of drug-likeness (QED) is 0.419. The molecule has 0 atom stereocenters. The van der Waals surface area contributed by atoms with Crippen molar-refractivity contribution in [3.05, 3.63) is 0 Å². The van der Waals surface area contributed by atoms with E-state index in [1.54, 1.807) is 0 Å². The molecule has 0 saturated carbocycles. The molecule has 0 aliphatic rings. The standard InChI is InChI=1S/3CH4.Cu/h3*1H4;. The first-order valence-corrected chi connectivity index (χ1v) is 0. The van der Waals surface area contributed by atoms with Gasteiger partial charge >= 0.3 is 0 Å². The molecule has 0 bridgehead atoms. The topological polar surface area (TPSA) is 0 Å². The van der Waals surface area contributed by atoms with Crippen molar-refractivity contribution in [2.75, 3.05) is 0 Å². The second kappa shape index (κ2) is 82.8. The smallest absolute Gasteiger partial charge is 0 e. The van der Waals surface area contributed by atoms with Crippen LogP contribution in [-0.2, 0) is 17.1 Å². The zero-order valence-corrected chi connectivity index (χ0v) is 1.24. The first-order chi connectivity index (χ1) is 0. The largest absolute Gasteiger partial charge is 0.0776 e. The van der Waals surface area contributed by atoms with E-state index in [0.717, 1.165) is 0 Å². The number of rotatable bonds is 0. The van der Waals surface area contributed by atoms with Gasteiger partial charge in [-0.1, -0.05) is 22.3 Å². The fraction of sp³-hybridized carbons (Fsp3) is 1.00. The second-order valence-electron chi connectivity index (χ2n) is 0. The van der Waals surface area contributed by atoms with Crippen molar-refractivity contribution in [1.82, 2.24) is 0 Å². The predicted molar refractivity (Wildman–Crippen MR) is 20.2 cm³/mol. The third-order valence-corrected chi connectivity index (χ3v) is 0. The molecule has 0 aliphatic heterocycles. The van der Waals surface area contributed by atoms with Crippen molar-refractivity contribution < 1.29 is 17.1 Å². The molecule has 1 radical (unpaired) electrons. The van der Waals surface area contributed by atoms with E-state index in [-0.39, 0.29) is 39.3 Å². The molecule has 0 rings (SSSR count). The van der Waals surface area contributed by atoms with Crippen LogP contribution in [0.4, 0.5) is 0 Å². The van der Waals surface area contributed by atoms with Crippen LogP contribution in [0.25, 0.3) is 0 Å². The van der Waals surface area contributed by atoms with Crippen LogP contribution in [0.5, 0.6) is 0 Å². The summed E-state index contributed by atoms with van der Waals surface area (Å²) < 4.78 is 0. The van der Waals surface area contributed by atoms with Gasteiger partial charge in [-0.3, -0.25) is 0 Å². The van der Waals surface area contributed by atoms with Gasteiger partial charge in [0.05, 0.1) is 0 Å². The Kier molecular flexibility index (Phi) is 4290. The van der Waals surface area contributed by atoms with Crippen molar-refractivity contribution in [3.8, 4) is 0 Å². The summed E-state index contributed by atoms with van der Waals surface area (Å²) in [6.45, 7) is 0. The van der Waals surface area contributed by atoms with Crippen molar-refractivity contribution in [2.45, 2.75) is 22.3 Å². The van der Waals surface area contributed by atoms with Crippen LogP contribution in [0.15, 0.2) is 0 Å². The van der Waals surface area contributed by atoms with Crippen LogP contribution < -0.4 is 0 Å². The first kappa shape index (κ1) is 207. The summed E-state index contributed by atoms with van der Waals surface area (Å²) >= 11 is 0. The Morgan fingerprint density at radius 1 is 0.500 bits per heavy atom. The van der Waals surface area contributed by atoms with Crippen molar-refractivity contribution in [3.63, 3.8) is 0 Å². The summed E-state index contributed by atoms with van der Waals surface area (Å²) in [6.07, 6.45) is 0. The predicted octanol–water partition coefficient (Wildman–Crippen LogP) is 1.91. The van der Waals surface area contributed by atoms with Crippen LogP contribution in [-0.4, -0.2) is 0 Å². The molecule has 0 spiro atoms. The van der Waals surface area contributed by atoms with Gasteiger partial charge in [-0.2, -0.15) is 0 Å². The van der Waals surface area contributed by atoms with Gasteiger partial charge in [0.25, 0.3) is 0 Å². The van der Waals surface area contributed by atoms with E-state index in [4.69, 9.17) is 0 Å². The van der Waals surface area contributed by atoms with E-state index in [2.05, 4.69) is 0 Å².